The molecule has 0 atom stereocenters. The summed E-state index contributed by atoms with van der Waals surface area (Å²) in [5.41, 5.74) is 2.28. The summed E-state index contributed by atoms with van der Waals surface area (Å²) in [6.07, 6.45) is 2.08. The van der Waals surface area contributed by atoms with Gasteiger partial charge in [-0.1, -0.05) is 23.2 Å². The van der Waals surface area contributed by atoms with Gasteiger partial charge in [0.1, 0.15) is 5.84 Å². The Labute approximate surface area is 168 Å². The zero-order valence-electron chi connectivity index (χ0n) is 14.8. The standard InChI is InChI=1S/C20H20Cl2N2OS/c1-13-10-18(23-20-4-3-9-24(20)2)17(22)11-16(13)19(25)12-26-15-7-5-14(21)6-8-15/h5-8,10-11H,3-4,9,12H2,1-2H3. The number of hydrogen-bond donors (Lipinski definition) is 0. The van der Waals surface area contributed by atoms with E-state index in [0.717, 1.165) is 41.4 Å². The summed E-state index contributed by atoms with van der Waals surface area (Å²) in [5.74, 6) is 1.46. The number of carbonyl (C=O) groups excluding carboxylic acids is 1. The van der Waals surface area contributed by atoms with Crippen molar-refractivity contribution >= 4 is 52.3 Å². The number of aryl methyl sites for hydroxylation is 1. The minimum Gasteiger partial charge on any atom is -0.363 e. The van der Waals surface area contributed by atoms with Crippen molar-refractivity contribution in [2.45, 2.75) is 24.7 Å². The third-order valence-electron chi connectivity index (χ3n) is 4.36. The predicted octanol–water partition coefficient (Wildman–Crippen LogP) is 6.03. The van der Waals surface area contributed by atoms with Crippen molar-refractivity contribution in [3.63, 3.8) is 0 Å². The van der Waals surface area contributed by atoms with E-state index in [1.165, 1.54) is 11.8 Å². The highest BCUT2D eigenvalue weighted by atomic mass is 35.5. The average Bonchev–Trinajstić information content (AvgIpc) is 3.02. The Hall–Kier alpha value is -1.49. The van der Waals surface area contributed by atoms with E-state index in [2.05, 4.69) is 9.89 Å². The molecule has 3 nitrogen and oxygen atoms in total. The van der Waals surface area contributed by atoms with Crippen molar-refractivity contribution in [1.82, 2.24) is 4.90 Å². The summed E-state index contributed by atoms with van der Waals surface area (Å²) in [6, 6.07) is 11.1. The van der Waals surface area contributed by atoms with Gasteiger partial charge in [-0.15, -0.1) is 11.8 Å². The Bertz CT molecular complexity index is 850. The molecule has 0 aliphatic carbocycles. The molecule has 0 N–H and O–H groups in total. The zero-order valence-corrected chi connectivity index (χ0v) is 17.1. The van der Waals surface area contributed by atoms with E-state index in [-0.39, 0.29) is 5.78 Å². The lowest BCUT2D eigenvalue weighted by atomic mass is 10.0. The molecule has 2 aromatic carbocycles. The number of likely N-dealkylation sites (tertiary alicyclic amines) is 1. The number of nitrogens with zero attached hydrogens (tertiary/aromatic N) is 2. The molecule has 2 aromatic rings. The summed E-state index contributed by atoms with van der Waals surface area (Å²) in [6.45, 7) is 2.95. The fraction of sp³-hybridized carbons (Fsp3) is 0.300. The number of rotatable bonds is 5. The van der Waals surface area contributed by atoms with Crippen LogP contribution < -0.4 is 0 Å². The zero-order chi connectivity index (χ0) is 18.7. The molecule has 1 saturated heterocycles. The summed E-state index contributed by atoms with van der Waals surface area (Å²) >= 11 is 13.8. The molecular formula is C20H20Cl2N2OS. The van der Waals surface area contributed by atoms with Gasteiger partial charge in [-0.05, 0) is 55.3 Å². The van der Waals surface area contributed by atoms with Crippen LogP contribution in [0.25, 0.3) is 0 Å². The van der Waals surface area contributed by atoms with Gasteiger partial charge >= 0.3 is 0 Å². The van der Waals surface area contributed by atoms with Gasteiger partial charge < -0.3 is 4.90 Å². The highest BCUT2D eigenvalue weighted by Crippen LogP contribution is 2.31. The van der Waals surface area contributed by atoms with Crippen LogP contribution in [0, 0.1) is 6.92 Å². The first kappa shape index (κ1) is 19.3. The normalized spacial score (nSPS) is 15.7. The number of carbonyl (C=O) groups is 1. The van der Waals surface area contributed by atoms with Crippen LogP contribution >= 0.6 is 35.0 Å². The van der Waals surface area contributed by atoms with Crippen molar-refractivity contribution in [2.75, 3.05) is 19.3 Å². The number of aliphatic imine (C=N–C) groups is 1. The van der Waals surface area contributed by atoms with Crippen molar-refractivity contribution in [1.29, 1.82) is 0 Å². The van der Waals surface area contributed by atoms with Crippen LogP contribution in [-0.2, 0) is 0 Å². The molecule has 1 aliphatic heterocycles. The summed E-state index contributed by atoms with van der Waals surface area (Å²) in [4.78, 5) is 20.5. The summed E-state index contributed by atoms with van der Waals surface area (Å²) in [5, 5.41) is 1.21. The molecule has 0 spiro atoms. The topological polar surface area (TPSA) is 32.7 Å². The number of ketones is 1. The molecule has 3 rings (SSSR count). The van der Waals surface area contributed by atoms with Crippen LogP contribution in [0.5, 0.6) is 0 Å². The van der Waals surface area contributed by atoms with Gasteiger partial charge in [0.15, 0.2) is 5.78 Å². The molecule has 136 valence electrons. The third kappa shape index (κ3) is 4.61. The Balaban J connectivity index is 1.74. The van der Waals surface area contributed by atoms with Crippen LogP contribution in [0.2, 0.25) is 10.0 Å². The molecule has 26 heavy (non-hydrogen) atoms. The fourth-order valence-electron chi connectivity index (χ4n) is 2.88. The molecule has 0 amide bonds. The second kappa shape index (κ2) is 8.47. The largest absolute Gasteiger partial charge is 0.363 e. The van der Waals surface area contributed by atoms with Gasteiger partial charge in [-0.3, -0.25) is 4.79 Å². The van der Waals surface area contributed by atoms with Crippen molar-refractivity contribution in [3.8, 4) is 0 Å². The first-order valence-electron chi connectivity index (χ1n) is 8.44. The average molecular weight is 407 g/mol. The number of hydrogen-bond acceptors (Lipinski definition) is 3. The van der Waals surface area contributed by atoms with Gasteiger partial charge in [0, 0.05) is 35.5 Å². The van der Waals surface area contributed by atoms with Crippen LogP contribution in [0.15, 0.2) is 46.3 Å². The van der Waals surface area contributed by atoms with E-state index in [4.69, 9.17) is 23.2 Å². The molecule has 0 bridgehead atoms. The van der Waals surface area contributed by atoms with Crippen LogP contribution in [0.1, 0.15) is 28.8 Å². The Kier molecular flexibility index (Phi) is 6.28. The van der Waals surface area contributed by atoms with E-state index >= 15 is 0 Å². The van der Waals surface area contributed by atoms with Gasteiger partial charge in [0.2, 0.25) is 0 Å². The smallest absolute Gasteiger partial charge is 0.173 e. The third-order valence-corrected chi connectivity index (χ3v) is 5.93. The first-order valence-corrected chi connectivity index (χ1v) is 10.2. The molecule has 1 fully saturated rings. The fourth-order valence-corrected chi connectivity index (χ4v) is 4.00. The van der Waals surface area contributed by atoms with Crippen molar-refractivity contribution in [2.24, 2.45) is 4.99 Å². The molecular weight excluding hydrogens is 387 g/mol. The monoisotopic (exact) mass is 406 g/mol. The highest BCUT2D eigenvalue weighted by Gasteiger charge is 2.17. The number of halogens is 2. The Morgan fingerprint density at radius 3 is 2.62 bits per heavy atom. The van der Waals surface area contributed by atoms with Crippen LogP contribution in [0.4, 0.5) is 5.69 Å². The summed E-state index contributed by atoms with van der Waals surface area (Å²) < 4.78 is 0. The molecule has 0 radical (unpaired) electrons. The van der Waals surface area contributed by atoms with Gasteiger partial charge in [-0.25, -0.2) is 4.99 Å². The minimum absolute atomic E-state index is 0.0570. The Morgan fingerprint density at radius 2 is 1.96 bits per heavy atom. The SMILES string of the molecule is Cc1cc(N=C2CCCN2C)c(Cl)cc1C(=O)CSc1ccc(Cl)cc1. The van der Waals surface area contributed by atoms with Crippen molar-refractivity contribution in [3.05, 3.63) is 57.6 Å². The Morgan fingerprint density at radius 1 is 1.23 bits per heavy atom. The molecule has 1 aliphatic rings. The lowest BCUT2D eigenvalue weighted by molar-refractivity contribution is 0.102. The number of amidine groups is 1. The minimum atomic E-state index is 0.0570. The first-order chi connectivity index (χ1) is 12.4. The van der Waals surface area contributed by atoms with E-state index < -0.39 is 0 Å². The van der Waals surface area contributed by atoms with Crippen LogP contribution in [0.3, 0.4) is 0 Å². The van der Waals surface area contributed by atoms with Gasteiger partial charge in [-0.2, -0.15) is 0 Å². The maximum atomic E-state index is 12.6. The molecule has 6 heteroatoms. The quantitative estimate of drug-likeness (QED) is 0.448. The van der Waals surface area contributed by atoms with E-state index in [1.807, 2.05) is 44.3 Å². The maximum absolute atomic E-state index is 12.6. The lowest BCUT2D eigenvalue weighted by Crippen LogP contribution is -2.18. The van der Waals surface area contributed by atoms with Crippen molar-refractivity contribution < 1.29 is 4.79 Å². The van der Waals surface area contributed by atoms with E-state index in [9.17, 15) is 4.79 Å². The number of benzene rings is 2. The van der Waals surface area contributed by atoms with Crippen LogP contribution in [-0.4, -0.2) is 35.9 Å². The molecule has 0 aromatic heterocycles. The predicted molar refractivity (Wildman–Crippen MR) is 112 cm³/mol. The summed E-state index contributed by atoms with van der Waals surface area (Å²) in [7, 11) is 2.04. The van der Waals surface area contributed by atoms with E-state index in [1.54, 1.807) is 6.07 Å². The molecule has 0 unspecified atom stereocenters. The lowest BCUT2D eigenvalue weighted by Gasteiger charge is -2.13. The number of Topliss-reactive ketones (excluding diaryl/α,β-unsaturated/α-hetero) is 1. The maximum Gasteiger partial charge on any atom is 0.173 e. The van der Waals surface area contributed by atoms with Gasteiger partial charge in [0.25, 0.3) is 0 Å². The second-order valence-electron chi connectivity index (χ2n) is 6.34. The highest BCUT2D eigenvalue weighted by molar-refractivity contribution is 8.00. The number of thioether (sulfide) groups is 1. The van der Waals surface area contributed by atoms with E-state index in [0.29, 0.717) is 21.4 Å². The van der Waals surface area contributed by atoms with Gasteiger partial charge in [0.05, 0.1) is 16.5 Å². The second-order valence-corrected chi connectivity index (χ2v) is 8.23. The molecule has 0 saturated carbocycles. The molecule has 1 heterocycles.